The molecule has 2 fully saturated rings. The van der Waals surface area contributed by atoms with Crippen LogP contribution in [0.4, 0.5) is 0 Å². The number of aliphatic hydroxyl groups excluding tert-OH is 1. The van der Waals surface area contributed by atoms with Crippen LogP contribution in [0.2, 0.25) is 0 Å². The van der Waals surface area contributed by atoms with Crippen molar-refractivity contribution in [3.05, 3.63) is 35.1 Å². The Morgan fingerprint density at radius 1 is 1.25 bits per heavy atom. The van der Waals surface area contributed by atoms with Crippen LogP contribution in [-0.2, 0) is 14.4 Å². The molecular weight excluding hydrogens is 406 g/mol. The Balaban J connectivity index is 2.16. The zero-order valence-corrected chi connectivity index (χ0v) is 20.1. The van der Waals surface area contributed by atoms with Crippen LogP contribution in [0, 0.1) is 28.6 Å². The van der Waals surface area contributed by atoms with Crippen LogP contribution in [0.3, 0.4) is 0 Å². The van der Waals surface area contributed by atoms with Crippen LogP contribution in [-0.4, -0.2) is 45.9 Å². The number of amides is 1. The Morgan fingerprint density at radius 2 is 1.91 bits per heavy atom. The number of rotatable bonds is 5. The van der Waals surface area contributed by atoms with Crippen LogP contribution in [0.5, 0.6) is 0 Å². The van der Waals surface area contributed by atoms with E-state index in [-0.39, 0.29) is 41.4 Å². The molecule has 176 valence electrons. The van der Waals surface area contributed by atoms with Gasteiger partial charge in [-0.05, 0) is 50.4 Å². The number of carboxylic acid groups (broad SMARTS) is 1. The minimum Gasteiger partial charge on any atom is -0.511 e. The van der Waals surface area contributed by atoms with Crippen molar-refractivity contribution in [2.75, 3.05) is 7.05 Å². The van der Waals surface area contributed by atoms with Crippen molar-refractivity contribution in [1.29, 1.82) is 0 Å². The Bertz CT molecular complexity index is 915. The largest absolute Gasteiger partial charge is 0.511 e. The fraction of sp³-hybridized carbons (Fsp3) is 0.654. The molecule has 3 aliphatic rings. The highest BCUT2D eigenvalue weighted by Crippen LogP contribution is 2.62. The lowest BCUT2D eigenvalue weighted by molar-refractivity contribution is -0.138. The van der Waals surface area contributed by atoms with E-state index in [1.165, 1.54) is 11.9 Å². The van der Waals surface area contributed by atoms with Crippen molar-refractivity contribution < 1.29 is 24.6 Å². The normalized spacial score (nSPS) is 39.3. The monoisotopic (exact) mass is 443 g/mol. The molecule has 6 atom stereocenters. The van der Waals surface area contributed by atoms with Gasteiger partial charge in [0.05, 0.1) is 6.04 Å². The van der Waals surface area contributed by atoms with Gasteiger partial charge in [0, 0.05) is 24.8 Å². The quantitative estimate of drug-likeness (QED) is 0.279. The van der Waals surface area contributed by atoms with Crippen LogP contribution in [0.15, 0.2) is 35.1 Å². The van der Waals surface area contributed by atoms with Gasteiger partial charge in [-0.1, -0.05) is 51.0 Å². The molecule has 32 heavy (non-hydrogen) atoms. The maximum atomic E-state index is 13.3. The molecule has 2 unspecified atom stereocenters. The molecule has 1 heterocycles. The molecule has 1 saturated heterocycles. The number of carboxylic acids is 1. The molecule has 2 aliphatic carbocycles. The lowest BCUT2D eigenvalue weighted by Gasteiger charge is -2.57. The molecule has 3 rings (SSSR count). The molecule has 0 aromatic heterocycles. The highest BCUT2D eigenvalue weighted by Gasteiger charge is 2.58. The number of hydrogen-bond acceptors (Lipinski definition) is 4. The molecular formula is C26H37NO5. The Labute approximate surface area is 191 Å². The molecule has 2 N–H and O–H groups in total. The summed E-state index contributed by atoms with van der Waals surface area (Å²) >= 11 is 0. The van der Waals surface area contributed by atoms with Gasteiger partial charge in [-0.25, -0.2) is 0 Å². The number of nitrogens with zero attached hydrogens (tertiary/aromatic N) is 1. The van der Waals surface area contributed by atoms with E-state index in [2.05, 4.69) is 32.9 Å². The SMILES string of the molecule is C/C=C/[C@H]1C(C)=C[C@@]2(C)C[C@H](C)CCC2[C@]1(C)/C(O)=C1\C(=O)C(CCC(=O)O)N(C)C1=O. The number of carbonyl (C=O) groups excluding carboxylic acids is 2. The smallest absolute Gasteiger partial charge is 0.303 e. The number of carbonyl (C=O) groups is 3. The number of likely N-dealkylation sites (tertiary alicyclic amines) is 1. The van der Waals surface area contributed by atoms with Crippen LogP contribution < -0.4 is 0 Å². The molecule has 0 aromatic rings. The zero-order valence-electron chi connectivity index (χ0n) is 20.1. The molecule has 0 aromatic carbocycles. The fourth-order valence-corrected chi connectivity index (χ4v) is 6.91. The summed E-state index contributed by atoms with van der Waals surface area (Å²) < 4.78 is 0. The van der Waals surface area contributed by atoms with Crippen molar-refractivity contribution in [2.24, 2.45) is 28.6 Å². The predicted molar refractivity (Wildman–Crippen MR) is 123 cm³/mol. The predicted octanol–water partition coefficient (Wildman–Crippen LogP) is 4.67. The van der Waals surface area contributed by atoms with Gasteiger partial charge in [-0.3, -0.25) is 14.4 Å². The Hall–Kier alpha value is -2.37. The second-order valence-electron chi connectivity index (χ2n) is 10.6. The van der Waals surface area contributed by atoms with Gasteiger partial charge in [-0.15, -0.1) is 0 Å². The molecule has 0 radical (unpaired) electrons. The number of fused-ring (bicyclic) bond motifs is 1. The van der Waals surface area contributed by atoms with Gasteiger partial charge in [0.15, 0.2) is 5.78 Å². The summed E-state index contributed by atoms with van der Waals surface area (Å²) in [6, 6.07) is -0.850. The number of ketones is 1. The highest BCUT2D eigenvalue weighted by molar-refractivity contribution is 6.26. The first-order chi connectivity index (χ1) is 14.9. The standard InChI is InChI=1S/C26H37NO5/c1-7-8-17-16(3)14-25(4)13-15(2)9-11-19(25)26(17,5)23(31)21-22(30)18(10-12-20(28)29)27(6)24(21)32/h7-8,14-15,17-19,31H,9-13H2,1-6H3,(H,28,29)/b8-7+,23-21-/t15-,17+,18?,19?,25-,26-/m1/s1. The minimum absolute atomic E-state index is 0.0414. The third-order valence-corrected chi connectivity index (χ3v) is 8.26. The molecule has 1 amide bonds. The van der Waals surface area contributed by atoms with Crippen molar-refractivity contribution in [1.82, 2.24) is 4.90 Å². The van der Waals surface area contributed by atoms with Crippen molar-refractivity contribution in [3.63, 3.8) is 0 Å². The van der Waals surface area contributed by atoms with E-state index in [0.29, 0.717) is 5.92 Å². The van der Waals surface area contributed by atoms with Gasteiger partial charge >= 0.3 is 5.97 Å². The van der Waals surface area contributed by atoms with E-state index in [9.17, 15) is 19.5 Å². The van der Waals surface area contributed by atoms with Gasteiger partial charge in [0.1, 0.15) is 11.3 Å². The van der Waals surface area contributed by atoms with Crippen molar-refractivity contribution in [3.8, 4) is 0 Å². The second kappa shape index (κ2) is 8.53. The number of Topliss-reactive ketones (excluding diaryl/α,β-unsaturated/α-hetero) is 1. The van der Waals surface area contributed by atoms with Gasteiger partial charge in [-0.2, -0.15) is 0 Å². The highest BCUT2D eigenvalue weighted by atomic mass is 16.4. The molecule has 1 aliphatic heterocycles. The van der Waals surface area contributed by atoms with Gasteiger partial charge in [0.2, 0.25) is 0 Å². The van der Waals surface area contributed by atoms with E-state index in [0.717, 1.165) is 24.8 Å². The average Bonchev–Trinajstić information content (AvgIpc) is 2.90. The topological polar surface area (TPSA) is 94.9 Å². The lowest BCUT2D eigenvalue weighted by Crippen LogP contribution is -2.51. The summed E-state index contributed by atoms with van der Waals surface area (Å²) in [6.45, 7) is 10.5. The third-order valence-electron chi connectivity index (χ3n) is 8.26. The first-order valence-electron chi connectivity index (χ1n) is 11.7. The lowest BCUT2D eigenvalue weighted by atomic mass is 9.47. The summed E-state index contributed by atoms with van der Waals surface area (Å²) in [6.07, 6.45) is 9.15. The molecule has 0 bridgehead atoms. The van der Waals surface area contributed by atoms with E-state index in [1.807, 2.05) is 19.9 Å². The van der Waals surface area contributed by atoms with Crippen molar-refractivity contribution >= 4 is 17.7 Å². The number of aliphatic carboxylic acids is 1. The maximum Gasteiger partial charge on any atom is 0.303 e. The van der Waals surface area contributed by atoms with Gasteiger partial charge < -0.3 is 15.1 Å². The van der Waals surface area contributed by atoms with Crippen LogP contribution >= 0.6 is 0 Å². The summed E-state index contributed by atoms with van der Waals surface area (Å²) in [5, 5.41) is 20.8. The first-order valence-corrected chi connectivity index (χ1v) is 11.7. The zero-order chi connectivity index (χ0) is 24.0. The maximum absolute atomic E-state index is 13.3. The molecule has 6 nitrogen and oxygen atoms in total. The Morgan fingerprint density at radius 3 is 2.50 bits per heavy atom. The minimum atomic E-state index is -1.01. The number of aliphatic hydroxyl groups is 1. The van der Waals surface area contributed by atoms with E-state index in [4.69, 9.17) is 5.11 Å². The van der Waals surface area contributed by atoms with E-state index >= 15 is 0 Å². The first kappa shape index (κ1) is 24.3. The van der Waals surface area contributed by atoms with E-state index in [1.54, 1.807) is 0 Å². The number of likely N-dealkylation sites (N-methyl/N-ethyl adjacent to an activating group) is 1. The number of allylic oxidation sites excluding steroid dienone is 5. The summed E-state index contributed by atoms with van der Waals surface area (Å²) in [5.41, 5.74) is 0.0427. The number of hydrogen-bond donors (Lipinski definition) is 2. The van der Waals surface area contributed by atoms with E-state index < -0.39 is 29.1 Å². The van der Waals surface area contributed by atoms with Gasteiger partial charge in [0.25, 0.3) is 5.91 Å². The third kappa shape index (κ3) is 3.71. The molecule has 0 spiro atoms. The average molecular weight is 444 g/mol. The Kier molecular flexibility index (Phi) is 6.47. The molecule has 1 saturated carbocycles. The fourth-order valence-electron chi connectivity index (χ4n) is 6.91. The second-order valence-corrected chi connectivity index (χ2v) is 10.6. The summed E-state index contributed by atoms with van der Waals surface area (Å²) in [4.78, 5) is 38.8. The van der Waals surface area contributed by atoms with Crippen molar-refractivity contribution in [2.45, 2.75) is 72.8 Å². The summed E-state index contributed by atoms with van der Waals surface area (Å²) in [5.74, 6) is -1.60. The van der Waals surface area contributed by atoms with Crippen LogP contribution in [0.25, 0.3) is 0 Å². The summed E-state index contributed by atoms with van der Waals surface area (Å²) in [7, 11) is 1.51. The molecule has 6 heteroatoms. The van der Waals surface area contributed by atoms with Crippen LogP contribution in [0.1, 0.15) is 66.7 Å².